The van der Waals surface area contributed by atoms with Crippen molar-refractivity contribution in [2.24, 2.45) is 17.3 Å². The number of hydrogen-bond donors (Lipinski definition) is 3. The van der Waals surface area contributed by atoms with Gasteiger partial charge < -0.3 is 15.3 Å². The minimum Gasteiger partial charge on any atom is -0.508 e. The number of rotatable bonds is 1. The third-order valence-electron chi connectivity index (χ3n) is 6.89. The molecule has 24 heavy (non-hydrogen) atoms. The van der Waals surface area contributed by atoms with Gasteiger partial charge in [-0.15, -0.1) is 0 Å². The van der Waals surface area contributed by atoms with Gasteiger partial charge in [0.1, 0.15) is 5.75 Å². The number of carboxylic acids is 1. The summed E-state index contributed by atoms with van der Waals surface area (Å²) in [4.78, 5) is 11.1. The standard InChI is InChI=1S/C20H24O4/c1-20-7-6-15-14-5-3-13(21)8-11(14)2-4-16(15)17(20)9-12(19(20)24)10-18(22)23/h3,5,8,10,15-17,19,21,24H,2,4,6-7,9H2,1H3,(H,22,23)/b12-10+/t15-,16+,17+,19+,20-/m1/s1. The van der Waals surface area contributed by atoms with Crippen molar-refractivity contribution in [2.45, 2.75) is 51.0 Å². The normalized spacial score (nSPS) is 39.2. The van der Waals surface area contributed by atoms with Gasteiger partial charge in [0.25, 0.3) is 0 Å². The van der Waals surface area contributed by atoms with Crippen molar-refractivity contribution in [3.05, 3.63) is 41.0 Å². The number of aliphatic carboxylic acids is 1. The van der Waals surface area contributed by atoms with Crippen LogP contribution in [0.25, 0.3) is 0 Å². The molecule has 3 N–H and O–H groups in total. The minimum atomic E-state index is -0.965. The molecule has 128 valence electrons. The number of carboxylic acid groups (broad SMARTS) is 1. The molecule has 4 rings (SSSR count). The Hall–Kier alpha value is -1.81. The fourth-order valence-electron chi connectivity index (χ4n) is 5.73. The molecular formula is C20H24O4. The Labute approximate surface area is 141 Å². The number of phenolic OH excluding ortho intramolecular Hbond substituents is 1. The van der Waals surface area contributed by atoms with Gasteiger partial charge in [-0.1, -0.05) is 13.0 Å². The lowest BCUT2D eigenvalue weighted by molar-refractivity contribution is -0.131. The predicted octanol–water partition coefficient (Wildman–Crippen LogP) is 3.23. The van der Waals surface area contributed by atoms with Crippen molar-refractivity contribution in [3.8, 4) is 5.75 Å². The Kier molecular flexibility index (Phi) is 3.50. The Morgan fingerprint density at radius 1 is 1.33 bits per heavy atom. The summed E-state index contributed by atoms with van der Waals surface area (Å²) in [5.74, 6) is 0.640. The summed E-state index contributed by atoms with van der Waals surface area (Å²) < 4.78 is 0. The first kappa shape index (κ1) is 15.7. The van der Waals surface area contributed by atoms with Crippen molar-refractivity contribution < 1.29 is 20.1 Å². The first-order valence-corrected chi connectivity index (χ1v) is 8.83. The second-order valence-corrected chi connectivity index (χ2v) is 8.01. The highest BCUT2D eigenvalue weighted by atomic mass is 16.4. The van der Waals surface area contributed by atoms with Crippen molar-refractivity contribution in [1.82, 2.24) is 0 Å². The van der Waals surface area contributed by atoms with E-state index in [1.807, 2.05) is 6.07 Å². The van der Waals surface area contributed by atoms with Gasteiger partial charge in [-0.2, -0.15) is 0 Å². The lowest BCUT2D eigenvalue weighted by Gasteiger charge is -2.49. The molecule has 0 amide bonds. The molecule has 2 fully saturated rings. The van der Waals surface area contributed by atoms with E-state index in [2.05, 4.69) is 13.0 Å². The molecule has 4 heteroatoms. The number of hydrogen-bond acceptors (Lipinski definition) is 3. The second-order valence-electron chi connectivity index (χ2n) is 8.01. The fraction of sp³-hybridized carbons (Fsp3) is 0.550. The molecule has 3 aliphatic rings. The average molecular weight is 328 g/mol. The van der Waals surface area contributed by atoms with Gasteiger partial charge in [0.05, 0.1) is 6.10 Å². The Balaban J connectivity index is 1.70. The quantitative estimate of drug-likeness (QED) is 0.692. The maximum absolute atomic E-state index is 11.1. The highest BCUT2D eigenvalue weighted by Crippen LogP contribution is 2.62. The highest BCUT2D eigenvalue weighted by Gasteiger charge is 2.56. The van der Waals surface area contributed by atoms with Gasteiger partial charge in [0.2, 0.25) is 0 Å². The van der Waals surface area contributed by atoms with E-state index in [0.717, 1.165) is 25.7 Å². The molecule has 0 unspecified atom stereocenters. The smallest absolute Gasteiger partial charge is 0.328 e. The monoisotopic (exact) mass is 328 g/mol. The molecule has 1 aromatic rings. The number of aryl methyl sites for hydroxylation is 1. The van der Waals surface area contributed by atoms with Crippen LogP contribution < -0.4 is 0 Å². The van der Waals surface area contributed by atoms with E-state index in [4.69, 9.17) is 5.11 Å². The van der Waals surface area contributed by atoms with Gasteiger partial charge in [-0.05, 0) is 78.7 Å². The number of fused-ring (bicyclic) bond motifs is 5. The Morgan fingerprint density at radius 2 is 2.12 bits per heavy atom. The second kappa shape index (κ2) is 5.35. The van der Waals surface area contributed by atoms with E-state index < -0.39 is 12.1 Å². The largest absolute Gasteiger partial charge is 0.508 e. The average Bonchev–Trinajstić information content (AvgIpc) is 2.78. The lowest BCUT2D eigenvalue weighted by atomic mass is 9.55. The van der Waals surface area contributed by atoms with Crippen molar-refractivity contribution in [3.63, 3.8) is 0 Å². The van der Waals surface area contributed by atoms with E-state index in [1.165, 1.54) is 17.2 Å². The number of aliphatic hydroxyl groups excluding tert-OH is 1. The number of aromatic hydroxyl groups is 1. The summed E-state index contributed by atoms with van der Waals surface area (Å²) in [5, 5.41) is 29.6. The van der Waals surface area contributed by atoms with Crippen LogP contribution >= 0.6 is 0 Å². The first-order chi connectivity index (χ1) is 11.4. The van der Waals surface area contributed by atoms with Gasteiger partial charge in [0, 0.05) is 11.5 Å². The van der Waals surface area contributed by atoms with Crippen molar-refractivity contribution in [2.75, 3.05) is 0 Å². The Bertz CT molecular complexity index is 722. The van der Waals surface area contributed by atoms with Crippen LogP contribution in [0.1, 0.15) is 49.7 Å². The number of aliphatic hydroxyl groups is 1. The summed E-state index contributed by atoms with van der Waals surface area (Å²) in [5.41, 5.74) is 3.07. The van der Waals surface area contributed by atoms with Crippen LogP contribution in [-0.4, -0.2) is 27.4 Å². The van der Waals surface area contributed by atoms with E-state index in [-0.39, 0.29) is 5.41 Å². The summed E-state index contributed by atoms with van der Waals surface area (Å²) in [7, 11) is 0. The molecule has 0 saturated heterocycles. The SMILES string of the molecule is C[C@@]12CC[C@@H]3c4ccc(O)cc4CC[C@@H]3[C@@H]1C/C(=C\C(=O)O)[C@@H]2O. The zero-order chi connectivity index (χ0) is 17.1. The van der Waals surface area contributed by atoms with Crippen LogP contribution in [0.15, 0.2) is 29.8 Å². The van der Waals surface area contributed by atoms with Crippen LogP contribution in [0.3, 0.4) is 0 Å². The summed E-state index contributed by atoms with van der Waals surface area (Å²) in [6, 6.07) is 5.72. The number of benzene rings is 1. The van der Waals surface area contributed by atoms with Gasteiger partial charge in [0.15, 0.2) is 0 Å². The summed E-state index contributed by atoms with van der Waals surface area (Å²) in [6.07, 6.45) is 5.21. The molecule has 4 nitrogen and oxygen atoms in total. The molecule has 5 atom stereocenters. The zero-order valence-corrected chi connectivity index (χ0v) is 13.9. The van der Waals surface area contributed by atoms with Crippen LogP contribution in [-0.2, 0) is 11.2 Å². The predicted molar refractivity (Wildman–Crippen MR) is 89.8 cm³/mol. The minimum absolute atomic E-state index is 0.211. The van der Waals surface area contributed by atoms with Crippen molar-refractivity contribution in [1.29, 1.82) is 0 Å². The first-order valence-electron chi connectivity index (χ1n) is 8.83. The maximum atomic E-state index is 11.1. The molecule has 0 aliphatic heterocycles. The maximum Gasteiger partial charge on any atom is 0.328 e. The summed E-state index contributed by atoms with van der Waals surface area (Å²) in [6.45, 7) is 2.13. The molecule has 3 aliphatic carbocycles. The van der Waals surface area contributed by atoms with Crippen LogP contribution in [0.4, 0.5) is 0 Å². The summed E-state index contributed by atoms with van der Waals surface area (Å²) >= 11 is 0. The van der Waals surface area contributed by atoms with E-state index in [9.17, 15) is 15.0 Å². The molecule has 0 radical (unpaired) electrons. The zero-order valence-electron chi connectivity index (χ0n) is 13.9. The van der Waals surface area contributed by atoms with Crippen LogP contribution in [0.5, 0.6) is 5.75 Å². The third-order valence-corrected chi connectivity index (χ3v) is 6.89. The van der Waals surface area contributed by atoms with Gasteiger partial charge in [-0.25, -0.2) is 4.79 Å². The molecular weight excluding hydrogens is 304 g/mol. The van der Waals surface area contributed by atoms with Crippen LogP contribution in [0.2, 0.25) is 0 Å². The fourth-order valence-corrected chi connectivity index (χ4v) is 5.73. The molecule has 0 heterocycles. The van der Waals surface area contributed by atoms with E-state index in [0.29, 0.717) is 35.5 Å². The van der Waals surface area contributed by atoms with Gasteiger partial charge >= 0.3 is 5.97 Å². The van der Waals surface area contributed by atoms with Gasteiger partial charge in [-0.3, -0.25) is 0 Å². The molecule has 0 aromatic heterocycles. The van der Waals surface area contributed by atoms with Crippen molar-refractivity contribution >= 4 is 5.97 Å². The third kappa shape index (κ3) is 2.20. The molecule has 0 spiro atoms. The molecule has 1 aromatic carbocycles. The number of phenols is 1. The highest BCUT2D eigenvalue weighted by molar-refractivity contribution is 5.81. The Morgan fingerprint density at radius 3 is 2.88 bits per heavy atom. The lowest BCUT2D eigenvalue weighted by Crippen LogP contribution is -2.44. The van der Waals surface area contributed by atoms with E-state index in [1.54, 1.807) is 6.07 Å². The molecule has 2 saturated carbocycles. The topological polar surface area (TPSA) is 77.8 Å². The molecule has 0 bridgehead atoms. The number of carbonyl (C=O) groups is 1. The van der Waals surface area contributed by atoms with E-state index >= 15 is 0 Å². The van der Waals surface area contributed by atoms with Crippen LogP contribution in [0, 0.1) is 17.3 Å².